The number of halogens is 1. The summed E-state index contributed by atoms with van der Waals surface area (Å²) in [7, 11) is 0. The summed E-state index contributed by atoms with van der Waals surface area (Å²) in [6, 6.07) is 17.4. The van der Waals surface area contributed by atoms with E-state index < -0.39 is 0 Å². The van der Waals surface area contributed by atoms with E-state index in [0.29, 0.717) is 17.1 Å². The minimum Gasteiger partial charge on any atom is -0.354 e. The normalized spacial score (nSPS) is 10.4. The molecule has 0 unspecified atom stereocenters. The lowest BCUT2D eigenvalue weighted by Crippen LogP contribution is -2.25. The summed E-state index contributed by atoms with van der Waals surface area (Å²) in [5.41, 5.74) is 4.56. The average molecular weight is 366 g/mol. The fourth-order valence-electron chi connectivity index (χ4n) is 2.57. The van der Waals surface area contributed by atoms with Crippen LogP contribution in [0.1, 0.15) is 21.5 Å². The lowest BCUT2D eigenvalue weighted by Gasteiger charge is -2.10. The number of hydrogen-bond acceptors (Lipinski definition) is 3. The molecule has 0 aliphatic rings. The number of hydrogen-bond donors (Lipinski definition) is 2. The van der Waals surface area contributed by atoms with Crippen LogP contribution in [0.4, 0.5) is 11.4 Å². The molecule has 0 aliphatic carbocycles. The van der Waals surface area contributed by atoms with Gasteiger partial charge in [0.25, 0.3) is 5.91 Å². The molecule has 132 valence electrons. The third-order valence-electron chi connectivity index (χ3n) is 4.04. The summed E-state index contributed by atoms with van der Waals surface area (Å²) in [5, 5.41) is 6.93. The maximum atomic E-state index is 12.4. The number of amides is 1. The Morgan fingerprint density at radius 2 is 1.85 bits per heavy atom. The minimum atomic E-state index is -0.139. The largest absolute Gasteiger partial charge is 0.354 e. The Labute approximate surface area is 158 Å². The second-order valence-corrected chi connectivity index (χ2v) is 6.47. The fraction of sp³-hybridized carbons (Fsp3) is 0.143. The molecule has 0 saturated heterocycles. The number of para-hydroxylation sites is 1. The molecule has 3 aromatic rings. The van der Waals surface area contributed by atoms with Crippen molar-refractivity contribution in [1.82, 2.24) is 10.3 Å². The summed E-state index contributed by atoms with van der Waals surface area (Å²) in [6.07, 6.45) is 4.02. The number of benzene rings is 2. The summed E-state index contributed by atoms with van der Waals surface area (Å²) in [4.78, 5) is 16.5. The maximum absolute atomic E-state index is 12.4. The monoisotopic (exact) mass is 365 g/mol. The van der Waals surface area contributed by atoms with Crippen LogP contribution >= 0.6 is 11.6 Å². The zero-order chi connectivity index (χ0) is 18.4. The molecule has 0 atom stereocenters. The van der Waals surface area contributed by atoms with Gasteiger partial charge in [-0.3, -0.25) is 9.78 Å². The smallest absolute Gasteiger partial charge is 0.252 e. The molecular formula is C21H20ClN3O. The molecule has 0 bridgehead atoms. The summed E-state index contributed by atoms with van der Waals surface area (Å²) >= 11 is 5.88. The van der Waals surface area contributed by atoms with Gasteiger partial charge in [0.15, 0.2) is 0 Å². The van der Waals surface area contributed by atoms with Gasteiger partial charge in [0.05, 0.1) is 17.4 Å². The third kappa shape index (κ3) is 4.83. The highest BCUT2D eigenvalue weighted by Crippen LogP contribution is 2.20. The van der Waals surface area contributed by atoms with Crippen LogP contribution in [0.25, 0.3) is 0 Å². The van der Waals surface area contributed by atoms with Crippen LogP contribution < -0.4 is 10.6 Å². The molecule has 0 fully saturated rings. The van der Waals surface area contributed by atoms with E-state index in [2.05, 4.69) is 15.6 Å². The number of rotatable bonds is 6. The van der Waals surface area contributed by atoms with Gasteiger partial charge in [-0.15, -0.1) is 0 Å². The van der Waals surface area contributed by atoms with Gasteiger partial charge in [-0.25, -0.2) is 0 Å². The van der Waals surface area contributed by atoms with Crippen molar-refractivity contribution in [2.24, 2.45) is 0 Å². The molecule has 4 nitrogen and oxygen atoms in total. The van der Waals surface area contributed by atoms with E-state index in [1.54, 1.807) is 18.5 Å². The average Bonchev–Trinajstić information content (AvgIpc) is 2.65. The lowest BCUT2D eigenvalue weighted by molar-refractivity contribution is 0.0954. The first-order valence-electron chi connectivity index (χ1n) is 8.42. The van der Waals surface area contributed by atoms with Crippen molar-refractivity contribution >= 4 is 28.9 Å². The fourth-order valence-corrected chi connectivity index (χ4v) is 2.70. The molecule has 0 radical (unpaired) electrons. The van der Waals surface area contributed by atoms with Crippen LogP contribution in [0, 0.1) is 6.92 Å². The van der Waals surface area contributed by atoms with E-state index in [9.17, 15) is 4.79 Å². The number of aromatic nitrogens is 1. The standard InChI is InChI=1S/C21H20ClN3O/c1-15-4-2-3-5-20(15)25-19-12-17(13-23-14-19)21(26)24-11-10-16-6-8-18(22)9-7-16/h2-9,12-14,25H,10-11H2,1H3,(H,24,26). The van der Waals surface area contributed by atoms with Gasteiger partial charge in [-0.2, -0.15) is 0 Å². The number of nitrogens with one attached hydrogen (secondary N) is 2. The van der Waals surface area contributed by atoms with Crippen molar-refractivity contribution in [2.75, 3.05) is 11.9 Å². The van der Waals surface area contributed by atoms with Gasteiger partial charge in [-0.1, -0.05) is 41.9 Å². The lowest BCUT2D eigenvalue weighted by atomic mass is 10.1. The highest BCUT2D eigenvalue weighted by Gasteiger charge is 2.07. The number of carbonyl (C=O) groups is 1. The van der Waals surface area contributed by atoms with Crippen LogP contribution in [0.2, 0.25) is 5.02 Å². The summed E-state index contributed by atoms with van der Waals surface area (Å²) in [5.74, 6) is -0.139. The van der Waals surface area contributed by atoms with Gasteiger partial charge < -0.3 is 10.6 Å². The number of aryl methyl sites for hydroxylation is 1. The van der Waals surface area contributed by atoms with Crippen LogP contribution in [0.15, 0.2) is 67.0 Å². The predicted molar refractivity (Wildman–Crippen MR) is 106 cm³/mol. The first-order chi connectivity index (χ1) is 12.6. The molecule has 2 aromatic carbocycles. The highest BCUT2D eigenvalue weighted by molar-refractivity contribution is 6.30. The molecule has 1 aromatic heterocycles. The van der Waals surface area contributed by atoms with Crippen molar-refractivity contribution < 1.29 is 4.79 Å². The van der Waals surface area contributed by atoms with E-state index in [1.807, 2.05) is 55.5 Å². The molecule has 26 heavy (non-hydrogen) atoms. The van der Waals surface area contributed by atoms with Crippen molar-refractivity contribution in [2.45, 2.75) is 13.3 Å². The molecule has 0 saturated carbocycles. The van der Waals surface area contributed by atoms with Crippen molar-refractivity contribution in [3.8, 4) is 0 Å². The van der Waals surface area contributed by atoms with Crippen molar-refractivity contribution in [1.29, 1.82) is 0 Å². The van der Waals surface area contributed by atoms with E-state index in [4.69, 9.17) is 11.6 Å². The molecule has 5 heteroatoms. The maximum Gasteiger partial charge on any atom is 0.252 e. The SMILES string of the molecule is Cc1ccccc1Nc1cncc(C(=O)NCCc2ccc(Cl)cc2)c1. The molecule has 1 amide bonds. The number of anilines is 2. The molecule has 3 rings (SSSR count). The van der Waals surface area contributed by atoms with Gasteiger partial charge in [-0.05, 0) is 48.7 Å². The van der Waals surface area contributed by atoms with E-state index in [1.165, 1.54) is 0 Å². The Hall–Kier alpha value is -2.85. The number of nitrogens with zero attached hydrogens (tertiary/aromatic N) is 1. The van der Waals surface area contributed by atoms with Gasteiger partial charge in [0.2, 0.25) is 0 Å². The zero-order valence-corrected chi connectivity index (χ0v) is 15.3. The number of pyridine rings is 1. The van der Waals surface area contributed by atoms with E-state index in [0.717, 1.165) is 28.9 Å². The summed E-state index contributed by atoms with van der Waals surface area (Å²) in [6.45, 7) is 2.58. The second-order valence-electron chi connectivity index (χ2n) is 6.03. The molecule has 0 aliphatic heterocycles. The molecule has 2 N–H and O–H groups in total. The Bertz CT molecular complexity index is 894. The van der Waals surface area contributed by atoms with Gasteiger partial charge in [0, 0.05) is 23.5 Å². The zero-order valence-electron chi connectivity index (χ0n) is 14.5. The van der Waals surface area contributed by atoms with Gasteiger partial charge >= 0.3 is 0 Å². The van der Waals surface area contributed by atoms with Crippen LogP contribution in [-0.4, -0.2) is 17.4 Å². The second kappa shape index (κ2) is 8.50. The Morgan fingerprint density at radius 3 is 2.62 bits per heavy atom. The van der Waals surface area contributed by atoms with E-state index >= 15 is 0 Å². The minimum absolute atomic E-state index is 0.139. The van der Waals surface area contributed by atoms with E-state index in [-0.39, 0.29) is 5.91 Å². The van der Waals surface area contributed by atoms with Crippen LogP contribution in [0.3, 0.4) is 0 Å². The third-order valence-corrected chi connectivity index (χ3v) is 4.29. The van der Waals surface area contributed by atoms with Gasteiger partial charge in [0.1, 0.15) is 0 Å². The van der Waals surface area contributed by atoms with Crippen LogP contribution in [-0.2, 0) is 6.42 Å². The highest BCUT2D eigenvalue weighted by atomic mass is 35.5. The first kappa shape index (κ1) is 18.0. The summed E-state index contributed by atoms with van der Waals surface area (Å²) < 4.78 is 0. The quantitative estimate of drug-likeness (QED) is 0.662. The Balaban J connectivity index is 1.59. The van der Waals surface area contributed by atoms with Crippen LogP contribution in [0.5, 0.6) is 0 Å². The Kier molecular flexibility index (Phi) is 5.87. The number of carbonyl (C=O) groups excluding carboxylic acids is 1. The molecule has 0 spiro atoms. The predicted octanol–water partition coefficient (Wildman–Crippen LogP) is 4.76. The molecular weight excluding hydrogens is 346 g/mol. The Morgan fingerprint density at radius 1 is 1.08 bits per heavy atom. The topological polar surface area (TPSA) is 54.0 Å². The van der Waals surface area contributed by atoms with Crippen molar-refractivity contribution in [3.05, 3.63) is 88.7 Å². The first-order valence-corrected chi connectivity index (χ1v) is 8.80. The van der Waals surface area contributed by atoms with Crippen molar-refractivity contribution in [3.63, 3.8) is 0 Å². The molecule has 1 heterocycles.